The number of hydrogen-bond acceptors (Lipinski definition) is 7. The summed E-state index contributed by atoms with van der Waals surface area (Å²) in [5, 5.41) is 15.8. The Morgan fingerprint density at radius 2 is 2.24 bits per heavy atom. The highest BCUT2D eigenvalue weighted by atomic mass is 32.2. The molecule has 9 heteroatoms. The second kappa shape index (κ2) is 4.44. The SMILES string of the molecule is N#Cc1ccc(S(=O)(=O)Nc2nncs2)cn1. The lowest BCUT2D eigenvalue weighted by molar-refractivity contribution is 0.600. The molecule has 1 N–H and O–H groups in total. The maximum absolute atomic E-state index is 11.8. The molecule has 0 amide bonds. The summed E-state index contributed by atoms with van der Waals surface area (Å²) in [6.45, 7) is 0. The number of rotatable bonds is 3. The van der Waals surface area contributed by atoms with E-state index in [1.807, 2.05) is 0 Å². The van der Waals surface area contributed by atoms with E-state index in [2.05, 4.69) is 19.9 Å². The minimum atomic E-state index is -3.72. The summed E-state index contributed by atoms with van der Waals surface area (Å²) in [7, 11) is -3.72. The Kier molecular flexibility index (Phi) is 2.99. The van der Waals surface area contributed by atoms with E-state index in [0.717, 1.165) is 17.5 Å². The highest BCUT2D eigenvalue weighted by Gasteiger charge is 2.16. The van der Waals surface area contributed by atoms with Crippen molar-refractivity contribution in [3.63, 3.8) is 0 Å². The van der Waals surface area contributed by atoms with E-state index in [1.165, 1.54) is 17.6 Å². The highest BCUT2D eigenvalue weighted by molar-refractivity contribution is 7.93. The quantitative estimate of drug-likeness (QED) is 0.872. The van der Waals surface area contributed by atoms with Gasteiger partial charge in [0.05, 0.1) is 0 Å². The zero-order chi connectivity index (χ0) is 12.3. The van der Waals surface area contributed by atoms with Crippen molar-refractivity contribution < 1.29 is 8.42 Å². The lowest BCUT2D eigenvalue weighted by Gasteiger charge is -2.03. The van der Waals surface area contributed by atoms with Crippen LogP contribution in [0.5, 0.6) is 0 Å². The normalized spacial score (nSPS) is 10.8. The molecule has 0 fully saturated rings. The van der Waals surface area contributed by atoms with Crippen molar-refractivity contribution in [2.24, 2.45) is 0 Å². The van der Waals surface area contributed by atoms with Crippen LogP contribution in [0.3, 0.4) is 0 Å². The van der Waals surface area contributed by atoms with Crippen LogP contribution in [0.15, 0.2) is 28.7 Å². The fourth-order valence-electron chi connectivity index (χ4n) is 0.997. The predicted molar refractivity (Wildman–Crippen MR) is 59.7 cm³/mol. The van der Waals surface area contributed by atoms with Crippen LogP contribution in [0, 0.1) is 11.3 Å². The molecule has 0 radical (unpaired) electrons. The molecular formula is C8H5N5O2S2. The Morgan fingerprint density at radius 3 is 2.76 bits per heavy atom. The first-order chi connectivity index (χ1) is 8.12. The maximum Gasteiger partial charge on any atom is 0.265 e. The van der Waals surface area contributed by atoms with Crippen molar-refractivity contribution in [1.29, 1.82) is 5.26 Å². The Hall–Kier alpha value is -2.05. The molecule has 2 aromatic heterocycles. The third-order valence-electron chi connectivity index (χ3n) is 1.74. The zero-order valence-electron chi connectivity index (χ0n) is 8.23. The van der Waals surface area contributed by atoms with Crippen LogP contribution >= 0.6 is 11.3 Å². The largest absolute Gasteiger partial charge is 0.265 e. The van der Waals surface area contributed by atoms with Crippen molar-refractivity contribution in [2.75, 3.05) is 4.72 Å². The summed E-state index contributed by atoms with van der Waals surface area (Å²) in [4.78, 5) is 3.64. The molecule has 0 spiro atoms. The van der Waals surface area contributed by atoms with Crippen LogP contribution in [0.4, 0.5) is 5.13 Å². The predicted octanol–water partition coefficient (Wildman–Crippen LogP) is 0.606. The Morgan fingerprint density at radius 1 is 1.41 bits per heavy atom. The fraction of sp³-hybridized carbons (Fsp3) is 0. The number of anilines is 1. The molecule has 0 aromatic carbocycles. The minimum Gasteiger partial charge on any atom is -0.253 e. The Bertz CT molecular complexity index is 642. The van der Waals surface area contributed by atoms with Gasteiger partial charge in [-0.1, -0.05) is 11.3 Å². The summed E-state index contributed by atoms with van der Waals surface area (Å²) in [5.41, 5.74) is 1.56. The summed E-state index contributed by atoms with van der Waals surface area (Å²) in [5.74, 6) is 0. The van der Waals surface area contributed by atoms with E-state index < -0.39 is 10.0 Å². The monoisotopic (exact) mass is 267 g/mol. The molecular weight excluding hydrogens is 262 g/mol. The number of pyridine rings is 1. The van der Waals surface area contributed by atoms with Crippen LogP contribution in [-0.4, -0.2) is 23.6 Å². The van der Waals surface area contributed by atoms with Crippen molar-refractivity contribution >= 4 is 26.5 Å². The molecule has 0 bridgehead atoms. The second-order valence-corrected chi connectivity index (χ2v) is 5.36. The van der Waals surface area contributed by atoms with Gasteiger partial charge in [-0.25, -0.2) is 13.4 Å². The van der Waals surface area contributed by atoms with Crippen molar-refractivity contribution in [1.82, 2.24) is 15.2 Å². The molecule has 0 aliphatic heterocycles. The van der Waals surface area contributed by atoms with E-state index in [1.54, 1.807) is 6.07 Å². The van der Waals surface area contributed by atoms with Gasteiger partial charge in [0.15, 0.2) is 0 Å². The van der Waals surface area contributed by atoms with Gasteiger partial charge < -0.3 is 0 Å². The standard InChI is InChI=1S/C8H5N5O2S2/c9-3-6-1-2-7(4-10-6)17(14,15)13-8-12-11-5-16-8/h1-2,4-5H,(H,12,13). The molecule has 2 heterocycles. The lowest BCUT2D eigenvalue weighted by Crippen LogP contribution is -2.13. The number of sulfonamides is 1. The van der Waals surface area contributed by atoms with Gasteiger partial charge in [-0.05, 0) is 12.1 Å². The number of aromatic nitrogens is 3. The smallest absolute Gasteiger partial charge is 0.253 e. The molecule has 86 valence electrons. The minimum absolute atomic E-state index is 0.0355. The van der Waals surface area contributed by atoms with Gasteiger partial charge in [0.2, 0.25) is 5.13 Å². The first-order valence-corrected chi connectivity index (χ1v) is 6.63. The van der Waals surface area contributed by atoms with Gasteiger partial charge in [0.1, 0.15) is 22.2 Å². The van der Waals surface area contributed by atoms with E-state index in [-0.39, 0.29) is 15.7 Å². The van der Waals surface area contributed by atoms with Gasteiger partial charge in [-0.15, -0.1) is 10.2 Å². The Labute approximate surface area is 101 Å². The van der Waals surface area contributed by atoms with Gasteiger partial charge in [-0.3, -0.25) is 4.72 Å². The molecule has 0 atom stereocenters. The molecule has 2 rings (SSSR count). The summed E-state index contributed by atoms with van der Waals surface area (Å²) < 4.78 is 25.9. The molecule has 0 aliphatic rings. The second-order valence-electron chi connectivity index (χ2n) is 2.84. The topological polar surface area (TPSA) is 109 Å². The third kappa shape index (κ3) is 2.55. The lowest BCUT2D eigenvalue weighted by atomic mass is 10.4. The third-order valence-corrected chi connectivity index (χ3v) is 3.80. The van der Waals surface area contributed by atoms with Crippen LogP contribution in [0.1, 0.15) is 5.69 Å². The first kappa shape index (κ1) is 11.4. The average Bonchev–Trinajstić information content (AvgIpc) is 2.81. The molecule has 0 aliphatic carbocycles. The number of nitriles is 1. The van der Waals surface area contributed by atoms with Gasteiger partial charge in [-0.2, -0.15) is 5.26 Å². The molecule has 2 aromatic rings. The van der Waals surface area contributed by atoms with Gasteiger partial charge in [0, 0.05) is 6.20 Å². The molecule has 0 saturated heterocycles. The molecule has 7 nitrogen and oxygen atoms in total. The van der Waals surface area contributed by atoms with Crippen molar-refractivity contribution in [3.8, 4) is 6.07 Å². The van der Waals surface area contributed by atoms with E-state index >= 15 is 0 Å². The molecule has 0 saturated carbocycles. The van der Waals surface area contributed by atoms with Gasteiger partial charge >= 0.3 is 0 Å². The fourth-order valence-corrected chi connectivity index (χ4v) is 2.63. The Balaban J connectivity index is 2.29. The van der Waals surface area contributed by atoms with Crippen molar-refractivity contribution in [2.45, 2.75) is 4.90 Å². The number of nitrogens with one attached hydrogen (secondary N) is 1. The first-order valence-electron chi connectivity index (χ1n) is 4.27. The van der Waals surface area contributed by atoms with Crippen LogP contribution < -0.4 is 4.72 Å². The highest BCUT2D eigenvalue weighted by Crippen LogP contribution is 2.15. The van der Waals surface area contributed by atoms with E-state index in [4.69, 9.17) is 5.26 Å². The van der Waals surface area contributed by atoms with Gasteiger partial charge in [0.25, 0.3) is 10.0 Å². The zero-order valence-corrected chi connectivity index (χ0v) is 9.86. The van der Waals surface area contributed by atoms with E-state index in [0.29, 0.717) is 0 Å². The van der Waals surface area contributed by atoms with Crippen LogP contribution in [0.25, 0.3) is 0 Å². The van der Waals surface area contributed by atoms with E-state index in [9.17, 15) is 8.42 Å². The number of nitrogens with zero attached hydrogens (tertiary/aromatic N) is 4. The van der Waals surface area contributed by atoms with Crippen LogP contribution in [-0.2, 0) is 10.0 Å². The van der Waals surface area contributed by atoms with Crippen LogP contribution in [0.2, 0.25) is 0 Å². The average molecular weight is 267 g/mol. The van der Waals surface area contributed by atoms with Crippen molar-refractivity contribution in [3.05, 3.63) is 29.5 Å². The molecule has 17 heavy (non-hydrogen) atoms. The maximum atomic E-state index is 11.8. The number of hydrogen-bond donors (Lipinski definition) is 1. The summed E-state index contributed by atoms with van der Waals surface area (Å²) >= 11 is 1.07. The summed E-state index contributed by atoms with van der Waals surface area (Å²) in [6, 6.07) is 4.43. The summed E-state index contributed by atoms with van der Waals surface area (Å²) in [6.07, 6.45) is 1.11. The molecule has 0 unspecified atom stereocenters.